The summed E-state index contributed by atoms with van der Waals surface area (Å²) in [6.45, 7) is 0.212. The summed E-state index contributed by atoms with van der Waals surface area (Å²) < 4.78 is 46.8. The third kappa shape index (κ3) is 5.45. The van der Waals surface area contributed by atoms with Crippen molar-refractivity contribution in [1.82, 2.24) is 0 Å². The van der Waals surface area contributed by atoms with Crippen molar-refractivity contribution in [2.24, 2.45) is 0 Å². The standard InChI is InChI=1S/C20H23ClN2O7S/c1-27-17-11-15(18(28-2)10-14(17)21)22-20(24)5-4-8-23(31(3,25)26)13-6-7-16-19(9-13)30-12-29-16/h6-7,9-11H,4-5,8,12H2,1-3H3,(H,22,24). The molecule has 1 aliphatic rings. The highest BCUT2D eigenvalue weighted by Crippen LogP contribution is 2.37. The topological polar surface area (TPSA) is 103 Å². The van der Waals surface area contributed by atoms with Gasteiger partial charge in [-0.1, -0.05) is 11.6 Å². The fourth-order valence-corrected chi connectivity index (χ4v) is 4.27. The largest absolute Gasteiger partial charge is 0.495 e. The highest BCUT2D eigenvalue weighted by atomic mass is 35.5. The number of ether oxygens (including phenoxy) is 4. The number of carbonyl (C=O) groups excluding carboxylic acids is 1. The second kappa shape index (κ2) is 9.52. The third-order valence-corrected chi connectivity index (χ3v) is 6.05. The van der Waals surface area contributed by atoms with Crippen LogP contribution in [0, 0.1) is 0 Å². The predicted octanol–water partition coefficient (Wildman–Crippen LogP) is 3.27. The first-order valence-corrected chi connectivity index (χ1v) is 11.5. The Hall–Kier alpha value is -2.85. The van der Waals surface area contributed by atoms with Crippen LogP contribution in [0.1, 0.15) is 12.8 Å². The number of benzene rings is 2. The number of amides is 1. The Kier molecular flexibility index (Phi) is 7.01. The molecule has 2 aromatic carbocycles. The van der Waals surface area contributed by atoms with Gasteiger partial charge in [-0.15, -0.1) is 0 Å². The first kappa shape index (κ1) is 22.8. The van der Waals surface area contributed by atoms with E-state index < -0.39 is 10.0 Å². The second-order valence-electron chi connectivity index (χ2n) is 6.71. The molecule has 2 aromatic rings. The number of anilines is 2. The Morgan fingerprint density at radius 1 is 1.13 bits per heavy atom. The lowest BCUT2D eigenvalue weighted by Gasteiger charge is -2.22. The van der Waals surface area contributed by atoms with Crippen LogP contribution in [0.3, 0.4) is 0 Å². The van der Waals surface area contributed by atoms with E-state index in [1.807, 2.05) is 0 Å². The number of hydrogen-bond donors (Lipinski definition) is 1. The number of fused-ring (bicyclic) bond motifs is 1. The van der Waals surface area contributed by atoms with E-state index in [1.54, 1.807) is 30.3 Å². The minimum Gasteiger partial charge on any atom is -0.495 e. The summed E-state index contributed by atoms with van der Waals surface area (Å²) in [4.78, 5) is 12.4. The van der Waals surface area contributed by atoms with Gasteiger partial charge in [-0.3, -0.25) is 9.10 Å². The maximum Gasteiger partial charge on any atom is 0.232 e. The smallest absolute Gasteiger partial charge is 0.232 e. The number of methoxy groups -OCH3 is 2. The van der Waals surface area contributed by atoms with Crippen molar-refractivity contribution in [3.05, 3.63) is 35.4 Å². The van der Waals surface area contributed by atoms with Crippen LogP contribution in [-0.4, -0.2) is 48.1 Å². The average Bonchev–Trinajstić information content (AvgIpc) is 3.19. The van der Waals surface area contributed by atoms with E-state index in [2.05, 4.69) is 5.32 Å². The molecule has 0 spiro atoms. The van der Waals surface area contributed by atoms with E-state index in [1.165, 1.54) is 18.5 Å². The van der Waals surface area contributed by atoms with Crippen molar-refractivity contribution in [1.29, 1.82) is 0 Å². The fraction of sp³-hybridized carbons (Fsp3) is 0.350. The molecule has 1 aliphatic heterocycles. The molecule has 9 nitrogen and oxygen atoms in total. The number of carbonyl (C=O) groups is 1. The van der Waals surface area contributed by atoms with E-state index >= 15 is 0 Å². The molecule has 0 unspecified atom stereocenters. The van der Waals surface area contributed by atoms with Crippen molar-refractivity contribution in [2.75, 3.05) is 43.4 Å². The van der Waals surface area contributed by atoms with Crippen LogP contribution in [0.2, 0.25) is 5.02 Å². The molecule has 31 heavy (non-hydrogen) atoms. The average molecular weight is 471 g/mol. The Balaban J connectivity index is 1.65. The lowest BCUT2D eigenvalue weighted by Crippen LogP contribution is -2.31. The molecule has 0 aromatic heterocycles. The van der Waals surface area contributed by atoms with Crippen molar-refractivity contribution in [3.63, 3.8) is 0 Å². The molecule has 1 N–H and O–H groups in total. The third-order valence-electron chi connectivity index (χ3n) is 4.56. The van der Waals surface area contributed by atoms with Gasteiger partial charge in [0.25, 0.3) is 0 Å². The minimum absolute atomic E-state index is 0.0880. The molecule has 0 fully saturated rings. The van der Waals surface area contributed by atoms with E-state index in [9.17, 15) is 13.2 Å². The van der Waals surface area contributed by atoms with Gasteiger partial charge in [0.15, 0.2) is 11.5 Å². The van der Waals surface area contributed by atoms with Crippen LogP contribution in [-0.2, 0) is 14.8 Å². The Morgan fingerprint density at radius 3 is 2.52 bits per heavy atom. The van der Waals surface area contributed by atoms with Gasteiger partial charge in [0, 0.05) is 31.2 Å². The summed E-state index contributed by atoms with van der Waals surface area (Å²) in [5, 5.41) is 3.09. The first-order chi connectivity index (χ1) is 14.7. The van der Waals surface area contributed by atoms with E-state index in [4.69, 9.17) is 30.5 Å². The highest BCUT2D eigenvalue weighted by molar-refractivity contribution is 7.92. The summed E-state index contributed by atoms with van der Waals surface area (Å²) in [7, 11) is -0.634. The lowest BCUT2D eigenvalue weighted by molar-refractivity contribution is -0.116. The molecular formula is C20H23ClN2O7S. The molecule has 0 bridgehead atoms. The van der Waals surface area contributed by atoms with Gasteiger partial charge < -0.3 is 24.3 Å². The summed E-state index contributed by atoms with van der Waals surface area (Å²) >= 11 is 6.07. The molecule has 0 saturated heterocycles. The fourth-order valence-electron chi connectivity index (χ4n) is 3.08. The molecule has 168 valence electrons. The zero-order valence-electron chi connectivity index (χ0n) is 17.3. The normalized spacial score (nSPS) is 12.4. The van der Waals surface area contributed by atoms with E-state index in [0.29, 0.717) is 45.8 Å². The molecule has 0 radical (unpaired) electrons. The van der Waals surface area contributed by atoms with Gasteiger partial charge in [-0.05, 0) is 18.6 Å². The monoisotopic (exact) mass is 470 g/mol. The maximum absolute atomic E-state index is 12.4. The quantitative estimate of drug-likeness (QED) is 0.599. The number of halogens is 1. The van der Waals surface area contributed by atoms with Crippen LogP contribution in [0.5, 0.6) is 23.0 Å². The molecule has 1 amide bonds. The Morgan fingerprint density at radius 2 is 1.84 bits per heavy atom. The zero-order valence-corrected chi connectivity index (χ0v) is 18.9. The zero-order chi connectivity index (χ0) is 22.6. The molecule has 1 heterocycles. The maximum atomic E-state index is 12.4. The van der Waals surface area contributed by atoms with Crippen molar-refractivity contribution in [2.45, 2.75) is 12.8 Å². The van der Waals surface area contributed by atoms with Crippen LogP contribution in [0.15, 0.2) is 30.3 Å². The van der Waals surface area contributed by atoms with Crippen molar-refractivity contribution >= 4 is 38.9 Å². The predicted molar refractivity (Wildman–Crippen MR) is 117 cm³/mol. The summed E-state index contributed by atoms with van der Waals surface area (Å²) in [5.41, 5.74) is 0.848. The number of sulfonamides is 1. The van der Waals surface area contributed by atoms with Crippen molar-refractivity contribution in [3.8, 4) is 23.0 Å². The number of rotatable bonds is 9. The molecule has 3 rings (SSSR count). The Labute approximate surface area is 185 Å². The van der Waals surface area contributed by atoms with E-state index in [-0.39, 0.29) is 25.7 Å². The van der Waals surface area contributed by atoms with Gasteiger partial charge in [0.1, 0.15) is 11.5 Å². The summed E-state index contributed by atoms with van der Waals surface area (Å²) in [6, 6.07) is 8.01. The molecular weight excluding hydrogens is 448 g/mol. The second-order valence-corrected chi connectivity index (χ2v) is 9.03. The van der Waals surface area contributed by atoms with Gasteiger partial charge in [-0.25, -0.2) is 8.42 Å². The van der Waals surface area contributed by atoms with Crippen LogP contribution < -0.4 is 28.6 Å². The van der Waals surface area contributed by atoms with Gasteiger partial charge in [0.05, 0.1) is 36.9 Å². The van der Waals surface area contributed by atoms with Gasteiger partial charge in [-0.2, -0.15) is 0 Å². The molecule has 0 aliphatic carbocycles. The van der Waals surface area contributed by atoms with Gasteiger partial charge >= 0.3 is 0 Å². The highest BCUT2D eigenvalue weighted by Gasteiger charge is 2.22. The van der Waals surface area contributed by atoms with Crippen molar-refractivity contribution < 1.29 is 32.2 Å². The number of hydrogen-bond acceptors (Lipinski definition) is 7. The van der Waals surface area contributed by atoms with Crippen LogP contribution in [0.4, 0.5) is 11.4 Å². The Bertz CT molecular complexity index is 1080. The number of nitrogens with one attached hydrogen (secondary N) is 1. The SMILES string of the molecule is COc1cc(NC(=O)CCCN(c2ccc3c(c2)OCO3)S(C)(=O)=O)c(OC)cc1Cl. The summed E-state index contributed by atoms with van der Waals surface area (Å²) in [5.74, 6) is 1.51. The molecule has 0 atom stereocenters. The first-order valence-electron chi connectivity index (χ1n) is 9.31. The molecule has 11 heteroatoms. The van der Waals surface area contributed by atoms with Crippen LogP contribution >= 0.6 is 11.6 Å². The van der Waals surface area contributed by atoms with Gasteiger partial charge in [0.2, 0.25) is 22.7 Å². The minimum atomic E-state index is -3.56. The lowest BCUT2D eigenvalue weighted by atomic mass is 10.2. The van der Waals surface area contributed by atoms with E-state index in [0.717, 1.165) is 6.26 Å². The summed E-state index contributed by atoms with van der Waals surface area (Å²) in [6.07, 6.45) is 1.49. The number of nitrogens with zero attached hydrogens (tertiary/aromatic N) is 1. The van der Waals surface area contributed by atoms with Crippen LogP contribution in [0.25, 0.3) is 0 Å². The molecule has 0 saturated carbocycles.